The first-order chi connectivity index (χ1) is 7.50. The summed E-state index contributed by atoms with van der Waals surface area (Å²) in [7, 11) is 0. The fraction of sp³-hybridized carbons (Fsp3) is 0.556. The van der Waals surface area contributed by atoms with Gasteiger partial charge in [0.05, 0.1) is 0 Å². The Morgan fingerprint density at radius 3 is 2.62 bits per heavy atom. The van der Waals surface area contributed by atoms with Gasteiger partial charge in [0.2, 0.25) is 0 Å². The lowest BCUT2D eigenvalue weighted by Gasteiger charge is -2.26. The predicted molar refractivity (Wildman–Crippen MR) is 66.9 cm³/mol. The minimum absolute atomic E-state index is 0.116. The number of nitrogens with two attached hydrogens (primary N) is 1. The number of hydrogen-bond acceptors (Lipinski definition) is 6. The second kappa shape index (κ2) is 5.42. The SMILES string of the molecule is CC(C)(CCO)Nc1ncnc(NN)c1Br. The molecule has 0 saturated heterocycles. The topological polar surface area (TPSA) is 96.1 Å². The lowest BCUT2D eigenvalue weighted by atomic mass is 10.0. The summed E-state index contributed by atoms with van der Waals surface area (Å²) in [6.45, 7) is 4.07. The van der Waals surface area contributed by atoms with Gasteiger partial charge < -0.3 is 15.8 Å². The molecule has 0 atom stereocenters. The molecule has 5 N–H and O–H groups in total. The molecule has 0 radical (unpaired) electrons. The van der Waals surface area contributed by atoms with Gasteiger partial charge in [0.15, 0.2) is 5.82 Å². The van der Waals surface area contributed by atoms with Crippen LogP contribution in [0, 0.1) is 0 Å². The summed E-state index contributed by atoms with van der Waals surface area (Å²) in [6.07, 6.45) is 2.03. The van der Waals surface area contributed by atoms with Crippen molar-refractivity contribution < 1.29 is 5.11 Å². The second-order valence-electron chi connectivity index (χ2n) is 4.01. The van der Waals surface area contributed by atoms with E-state index < -0.39 is 0 Å². The minimum atomic E-state index is -0.252. The predicted octanol–water partition coefficient (Wildman–Crippen LogP) is 1.10. The number of nitrogens with zero attached hydrogens (tertiary/aromatic N) is 2. The zero-order valence-electron chi connectivity index (χ0n) is 9.29. The fourth-order valence-electron chi connectivity index (χ4n) is 1.22. The Morgan fingerprint density at radius 2 is 2.06 bits per heavy atom. The second-order valence-corrected chi connectivity index (χ2v) is 4.80. The van der Waals surface area contributed by atoms with Crippen LogP contribution in [-0.4, -0.2) is 27.2 Å². The molecule has 0 aliphatic rings. The minimum Gasteiger partial charge on any atom is -0.396 e. The Labute approximate surface area is 103 Å². The van der Waals surface area contributed by atoms with Gasteiger partial charge in [0.1, 0.15) is 16.6 Å². The Kier molecular flexibility index (Phi) is 4.45. The molecule has 0 aliphatic heterocycles. The average Bonchev–Trinajstić information content (AvgIpc) is 2.21. The number of hydrazine groups is 1. The number of anilines is 2. The third-order valence-electron chi connectivity index (χ3n) is 2.12. The highest BCUT2D eigenvalue weighted by Gasteiger charge is 2.19. The van der Waals surface area contributed by atoms with Gasteiger partial charge in [0.25, 0.3) is 0 Å². The van der Waals surface area contributed by atoms with Crippen LogP contribution in [0.1, 0.15) is 20.3 Å². The van der Waals surface area contributed by atoms with Gasteiger partial charge in [-0.3, -0.25) is 0 Å². The van der Waals surface area contributed by atoms with Crippen molar-refractivity contribution in [2.45, 2.75) is 25.8 Å². The molecule has 0 aliphatic carbocycles. The molecular formula is C9H16BrN5O. The summed E-state index contributed by atoms with van der Waals surface area (Å²) in [4.78, 5) is 8.06. The summed E-state index contributed by atoms with van der Waals surface area (Å²) in [6, 6.07) is 0. The van der Waals surface area contributed by atoms with Gasteiger partial charge in [-0.25, -0.2) is 15.8 Å². The van der Waals surface area contributed by atoms with Gasteiger partial charge in [0, 0.05) is 12.1 Å². The van der Waals surface area contributed by atoms with Gasteiger partial charge in [-0.1, -0.05) is 0 Å². The zero-order chi connectivity index (χ0) is 12.2. The molecule has 0 unspecified atom stereocenters. The van der Waals surface area contributed by atoms with Crippen LogP contribution in [-0.2, 0) is 0 Å². The average molecular weight is 290 g/mol. The number of nitrogen functional groups attached to an aromatic ring is 1. The van der Waals surface area contributed by atoms with E-state index in [-0.39, 0.29) is 12.1 Å². The molecule has 0 amide bonds. The van der Waals surface area contributed by atoms with Crippen molar-refractivity contribution in [3.05, 3.63) is 10.8 Å². The first-order valence-electron chi connectivity index (χ1n) is 4.86. The van der Waals surface area contributed by atoms with E-state index in [0.29, 0.717) is 22.5 Å². The number of aromatic nitrogens is 2. The van der Waals surface area contributed by atoms with Crippen molar-refractivity contribution >= 4 is 27.6 Å². The van der Waals surface area contributed by atoms with Crippen LogP contribution in [0.3, 0.4) is 0 Å². The van der Waals surface area contributed by atoms with Crippen LogP contribution in [0.4, 0.5) is 11.6 Å². The van der Waals surface area contributed by atoms with Crippen molar-refractivity contribution in [3.8, 4) is 0 Å². The first kappa shape index (κ1) is 13.1. The largest absolute Gasteiger partial charge is 0.396 e. The standard InChI is InChI=1S/C9H16BrN5O/c1-9(2,3-4-16)14-7-6(10)8(15-11)13-5-12-7/h5,16H,3-4,11H2,1-2H3,(H2,12,13,14,15). The number of rotatable bonds is 5. The van der Waals surface area contributed by atoms with Crippen molar-refractivity contribution in [1.82, 2.24) is 9.97 Å². The Morgan fingerprint density at radius 1 is 1.44 bits per heavy atom. The van der Waals surface area contributed by atoms with Gasteiger partial charge in [-0.15, -0.1) is 0 Å². The number of hydrogen-bond donors (Lipinski definition) is 4. The monoisotopic (exact) mass is 289 g/mol. The lowest BCUT2D eigenvalue weighted by Crippen LogP contribution is -2.32. The van der Waals surface area contributed by atoms with Crippen LogP contribution in [0.5, 0.6) is 0 Å². The van der Waals surface area contributed by atoms with E-state index in [1.165, 1.54) is 6.33 Å². The summed E-state index contributed by atoms with van der Waals surface area (Å²) in [5.74, 6) is 6.46. The van der Waals surface area contributed by atoms with Crippen molar-refractivity contribution in [2.75, 3.05) is 17.3 Å². The van der Waals surface area contributed by atoms with Crippen LogP contribution in [0.25, 0.3) is 0 Å². The third-order valence-corrected chi connectivity index (χ3v) is 2.87. The number of nitrogens with one attached hydrogen (secondary N) is 2. The molecular weight excluding hydrogens is 274 g/mol. The Hall–Kier alpha value is -0.920. The van der Waals surface area contributed by atoms with Crippen molar-refractivity contribution in [2.24, 2.45) is 5.84 Å². The van der Waals surface area contributed by atoms with Gasteiger partial charge in [-0.2, -0.15) is 0 Å². The molecule has 0 spiro atoms. The fourth-order valence-corrected chi connectivity index (χ4v) is 1.64. The van der Waals surface area contributed by atoms with Gasteiger partial charge in [-0.05, 0) is 36.2 Å². The van der Waals surface area contributed by atoms with E-state index in [1.807, 2.05) is 13.8 Å². The summed E-state index contributed by atoms with van der Waals surface area (Å²) in [5.41, 5.74) is 2.21. The highest BCUT2D eigenvalue weighted by Crippen LogP contribution is 2.28. The van der Waals surface area contributed by atoms with Crippen molar-refractivity contribution in [1.29, 1.82) is 0 Å². The molecule has 1 heterocycles. The summed E-state index contributed by atoms with van der Waals surface area (Å²) in [5, 5.41) is 12.1. The lowest BCUT2D eigenvalue weighted by molar-refractivity contribution is 0.260. The maximum Gasteiger partial charge on any atom is 0.159 e. The molecule has 0 bridgehead atoms. The maximum atomic E-state index is 8.93. The molecule has 16 heavy (non-hydrogen) atoms. The third kappa shape index (κ3) is 3.29. The molecule has 1 aromatic rings. The van der Waals surface area contributed by atoms with E-state index in [9.17, 15) is 0 Å². The van der Waals surface area contributed by atoms with Crippen LogP contribution >= 0.6 is 15.9 Å². The maximum absolute atomic E-state index is 8.93. The van der Waals surface area contributed by atoms with E-state index in [0.717, 1.165) is 0 Å². The molecule has 0 saturated carbocycles. The van der Waals surface area contributed by atoms with Gasteiger partial charge >= 0.3 is 0 Å². The van der Waals surface area contributed by atoms with E-state index in [2.05, 4.69) is 36.6 Å². The Balaban J connectivity index is 2.89. The molecule has 6 nitrogen and oxygen atoms in total. The first-order valence-corrected chi connectivity index (χ1v) is 5.65. The molecule has 7 heteroatoms. The molecule has 1 rings (SSSR count). The molecule has 0 fully saturated rings. The van der Waals surface area contributed by atoms with Crippen LogP contribution < -0.4 is 16.6 Å². The number of halogens is 1. The Bertz CT molecular complexity index is 358. The smallest absolute Gasteiger partial charge is 0.159 e. The van der Waals surface area contributed by atoms with Crippen LogP contribution in [0.15, 0.2) is 10.8 Å². The summed E-state index contributed by atoms with van der Waals surface area (Å²) >= 11 is 3.35. The normalized spacial score (nSPS) is 11.3. The number of aliphatic hydroxyl groups is 1. The van der Waals surface area contributed by atoms with E-state index in [4.69, 9.17) is 10.9 Å². The quantitative estimate of drug-likeness (QED) is 0.479. The van der Waals surface area contributed by atoms with E-state index in [1.54, 1.807) is 0 Å². The van der Waals surface area contributed by atoms with Crippen LogP contribution in [0.2, 0.25) is 0 Å². The highest BCUT2D eigenvalue weighted by molar-refractivity contribution is 9.10. The highest BCUT2D eigenvalue weighted by atomic mass is 79.9. The molecule has 1 aromatic heterocycles. The molecule has 0 aromatic carbocycles. The van der Waals surface area contributed by atoms with Crippen molar-refractivity contribution in [3.63, 3.8) is 0 Å². The van der Waals surface area contributed by atoms with E-state index >= 15 is 0 Å². The summed E-state index contributed by atoms with van der Waals surface area (Å²) < 4.78 is 0.670. The number of aliphatic hydroxyl groups excluding tert-OH is 1. The zero-order valence-corrected chi connectivity index (χ0v) is 10.9. The molecule has 90 valence electrons.